The Morgan fingerprint density at radius 1 is 1.47 bits per heavy atom. The Labute approximate surface area is 110 Å². The van der Waals surface area contributed by atoms with E-state index in [1.165, 1.54) is 12.1 Å². The van der Waals surface area contributed by atoms with Crippen molar-refractivity contribution < 1.29 is 17.6 Å². The molecule has 0 aliphatic carbocycles. The van der Waals surface area contributed by atoms with Crippen LogP contribution < -0.4 is 4.72 Å². The molecule has 0 aliphatic rings. The van der Waals surface area contributed by atoms with Crippen LogP contribution >= 0.6 is 0 Å². The molecular formula is C11H13N3O4S. The van der Waals surface area contributed by atoms with E-state index in [1.807, 2.05) is 11.6 Å². The monoisotopic (exact) mass is 283 g/mol. The lowest BCUT2D eigenvalue weighted by molar-refractivity contribution is 0.109. The quantitative estimate of drug-likeness (QED) is 0.772. The van der Waals surface area contributed by atoms with Gasteiger partial charge in [-0.3, -0.25) is 4.79 Å². The van der Waals surface area contributed by atoms with Gasteiger partial charge in [-0.25, -0.2) is 18.1 Å². The van der Waals surface area contributed by atoms with Gasteiger partial charge in [0.25, 0.3) is 10.0 Å². The predicted molar refractivity (Wildman–Crippen MR) is 66.2 cm³/mol. The van der Waals surface area contributed by atoms with Crippen molar-refractivity contribution in [2.24, 2.45) is 7.05 Å². The second-order valence-corrected chi connectivity index (χ2v) is 5.57. The molecule has 2 aromatic heterocycles. The van der Waals surface area contributed by atoms with E-state index in [4.69, 9.17) is 4.42 Å². The molecule has 102 valence electrons. The maximum atomic E-state index is 11.8. The molecular weight excluding hydrogens is 270 g/mol. The van der Waals surface area contributed by atoms with E-state index in [-0.39, 0.29) is 17.4 Å². The fraction of sp³-hybridized carbons (Fsp3) is 0.273. The van der Waals surface area contributed by atoms with E-state index in [9.17, 15) is 13.2 Å². The van der Waals surface area contributed by atoms with Crippen molar-refractivity contribution in [1.82, 2.24) is 14.3 Å². The van der Waals surface area contributed by atoms with Crippen LogP contribution in [0.4, 0.5) is 0 Å². The van der Waals surface area contributed by atoms with Gasteiger partial charge in [-0.1, -0.05) is 0 Å². The minimum Gasteiger partial charge on any atom is -0.440 e. The number of nitrogens with one attached hydrogen (secondary N) is 1. The molecule has 0 aliphatic heterocycles. The number of carbonyl (C=O) groups excluding carboxylic acids is 1. The lowest BCUT2D eigenvalue weighted by atomic mass is 10.4. The molecule has 0 saturated carbocycles. The summed E-state index contributed by atoms with van der Waals surface area (Å²) in [6.07, 6.45) is 4.34. The highest BCUT2D eigenvalue weighted by atomic mass is 32.2. The van der Waals surface area contributed by atoms with Gasteiger partial charge in [0.1, 0.15) is 5.82 Å². The van der Waals surface area contributed by atoms with Crippen LogP contribution in [-0.4, -0.2) is 30.8 Å². The number of hydrogen-bond acceptors (Lipinski definition) is 5. The Hall–Kier alpha value is -1.93. The fourth-order valence-electron chi connectivity index (χ4n) is 1.55. The molecule has 0 aromatic carbocycles. The zero-order valence-corrected chi connectivity index (χ0v) is 11.1. The van der Waals surface area contributed by atoms with Gasteiger partial charge in [-0.15, -0.1) is 0 Å². The van der Waals surface area contributed by atoms with Gasteiger partial charge in [-0.05, 0) is 12.1 Å². The average molecular weight is 283 g/mol. The Morgan fingerprint density at radius 3 is 2.84 bits per heavy atom. The van der Waals surface area contributed by atoms with Gasteiger partial charge in [0.15, 0.2) is 12.0 Å². The Bertz CT molecular complexity index is 672. The summed E-state index contributed by atoms with van der Waals surface area (Å²) < 4.78 is 32.7. The minimum absolute atomic E-state index is 0.0236. The lowest BCUT2D eigenvalue weighted by Crippen LogP contribution is -2.26. The number of rotatable bonds is 6. The van der Waals surface area contributed by atoms with E-state index in [0.29, 0.717) is 12.7 Å². The topological polar surface area (TPSA) is 94.2 Å². The lowest BCUT2D eigenvalue weighted by Gasteiger charge is -2.04. The summed E-state index contributed by atoms with van der Waals surface area (Å²) in [5, 5.41) is -0.269. The molecule has 7 nitrogen and oxygen atoms in total. The van der Waals surface area contributed by atoms with Crippen molar-refractivity contribution in [3.05, 3.63) is 36.1 Å². The third kappa shape index (κ3) is 3.09. The van der Waals surface area contributed by atoms with Gasteiger partial charge in [0, 0.05) is 32.4 Å². The molecule has 2 aromatic rings. The fourth-order valence-corrected chi connectivity index (χ4v) is 2.51. The summed E-state index contributed by atoms with van der Waals surface area (Å²) in [5.74, 6) is 0.750. The highest BCUT2D eigenvalue weighted by molar-refractivity contribution is 7.89. The first kappa shape index (κ1) is 13.5. The molecule has 8 heteroatoms. The third-order valence-electron chi connectivity index (χ3n) is 2.54. The third-order valence-corrected chi connectivity index (χ3v) is 3.88. The minimum atomic E-state index is -3.73. The van der Waals surface area contributed by atoms with Crippen LogP contribution in [0, 0.1) is 0 Å². The van der Waals surface area contributed by atoms with E-state index in [0.717, 1.165) is 5.82 Å². The molecule has 0 bridgehead atoms. The standard InChI is InChI=1S/C11H13N3O4S/c1-14-7-6-12-10(14)4-5-13-19(16,17)11-3-2-9(8-15)18-11/h2-3,6-8,13H,4-5H2,1H3. The van der Waals surface area contributed by atoms with Crippen LogP contribution in [0.25, 0.3) is 0 Å². The van der Waals surface area contributed by atoms with Crippen molar-refractivity contribution in [2.45, 2.75) is 11.5 Å². The SMILES string of the molecule is Cn1ccnc1CCNS(=O)(=O)c1ccc(C=O)o1. The number of nitrogens with zero attached hydrogens (tertiary/aromatic N) is 2. The molecule has 1 N–H and O–H groups in total. The number of furan rings is 1. The number of aldehydes is 1. The van der Waals surface area contributed by atoms with Crippen LogP contribution in [-0.2, 0) is 23.5 Å². The van der Waals surface area contributed by atoms with Gasteiger partial charge < -0.3 is 8.98 Å². The largest absolute Gasteiger partial charge is 0.440 e. The number of imidazole rings is 1. The molecule has 0 atom stereocenters. The first-order valence-electron chi connectivity index (χ1n) is 5.54. The number of sulfonamides is 1. The average Bonchev–Trinajstić information content (AvgIpc) is 2.99. The van der Waals surface area contributed by atoms with Crippen LogP contribution in [0.3, 0.4) is 0 Å². The summed E-state index contributed by atoms with van der Waals surface area (Å²) in [5.41, 5.74) is 0. The number of aryl methyl sites for hydroxylation is 1. The van der Waals surface area contributed by atoms with E-state index in [1.54, 1.807) is 12.4 Å². The second kappa shape index (κ2) is 5.37. The first-order valence-corrected chi connectivity index (χ1v) is 7.02. The van der Waals surface area contributed by atoms with Crippen LogP contribution in [0.15, 0.2) is 34.0 Å². The van der Waals surface area contributed by atoms with Crippen molar-refractivity contribution in [1.29, 1.82) is 0 Å². The molecule has 0 unspecified atom stereocenters. The highest BCUT2D eigenvalue weighted by Gasteiger charge is 2.18. The normalized spacial score (nSPS) is 11.6. The first-order chi connectivity index (χ1) is 9.03. The molecule has 2 rings (SSSR count). The zero-order valence-electron chi connectivity index (χ0n) is 10.2. The smallest absolute Gasteiger partial charge is 0.273 e. The molecule has 0 fully saturated rings. The van der Waals surface area contributed by atoms with Crippen molar-refractivity contribution >= 4 is 16.3 Å². The van der Waals surface area contributed by atoms with Crippen LogP contribution in [0.2, 0.25) is 0 Å². The van der Waals surface area contributed by atoms with E-state index < -0.39 is 10.0 Å². The molecule has 0 amide bonds. The Balaban J connectivity index is 1.98. The number of carbonyl (C=O) groups is 1. The van der Waals surface area contributed by atoms with Gasteiger partial charge in [0.05, 0.1) is 0 Å². The summed E-state index contributed by atoms with van der Waals surface area (Å²) in [7, 11) is -1.90. The van der Waals surface area contributed by atoms with E-state index in [2.05, 4.69) is 9.71 Å². The Morgan fingerprint density at radius 2 is 2.26 bits per heavy atom. The van der Waals surface area contributed by atoms with Crippen molar-refractivity contribution in [3.8, 4) is 0 Å². The van der Waals surface area contributed by atoms with Gasteiger partial charge in [-0.2, -0.15) is 0 Å². The number of aromatic nitrogens is 2. The van der Waals surface area contributed by atoms with Crippen LogP contribution in [0.1, 0.15) is 16.4 Å². The van der Waals surface area contributed by atoms with Gasteiger partial charge in [0.2, 0.25) is 5.09 Å². The Kier molecular flexibility index (Phi) is 3.82. The summed E-state index contributed by atoms with van der Waals surface area (Å²) in [6, 6.07) is 2.55. The molecule has 0 radical (unpaired) electrons. The molecule has 19 heavy (non-hydrogen) atoms. The molecule has 2 heterocycles. The molecule has 0 spiro atoms. The number of hydrogen-bond donors (Lipinski definition) is 1. The summed E-state index contributed by atoms with van der Waals surface area (Å²) in [6.45, 7) is 0.199. The van der Waals surface area contributed by atoms with Crippen molar-refractivity contribution in [2.75, 3.05) is 6.54 Å². The van der Waals surface area contributed by atoms with Crippen molar-refractivity contribution in [3.63, 3.8) is 0 Å². The maximum Gasteiger partial charge on any atom is 0.273 e. The van der Waals surface area contributed by atoms with Crippen LogP contribution in [0.5, 0.6) is 0 Å². The predicted octanol–water partition coefficient (Wildman–Crippen LogP) is 0.347. The summed E-state index contributed by atoms with van der Waals surface area (Å²) in [4.78, 5) is 14.5. The van der Waals surface area contributed by atoms with Gasteiger partial charge >= 0.3 is 0 Å². The highest BCUT2D eigenvalue weighted by Crippen LogP contribution is 2.12. The zero-order chi connectivity index (χ0) is 13.9. The van der Waals surface area contributed by atoms with E-state index >= 15 is 0 Å². The maximum absolute atomic E-state index is 11.8. The summed E-state index contributed by atoms with van der Waals surface area (Å²) >= 11 is 0. The second-order valence-electron chi connectivity index (χ2n) is 3.88. The molecule has 0 saturated heterocycles.